The van der Waals surface area contributed by atoms with Gasteiger partial charge in [-0.2, -0.15) is 0 Å². The van der Waals surface area contributed by atoms with Gasteiger partial charge in [-0.1, -0.05) is 30.3 Å². The molecule has 1 fully saturated rings. The van der Waals surface area contributed by atoms with Crippen molar-refractivity contribution in [1.29, 1.82) is 0 Å². The molecule has 4 rings (SSSR count). The highest BCUT2D eigenvalue weighted by atomic mass is 16.5. The molecule has 6 nitrogen and oxygen atoms in total. The maximum atomic E-state index is 6.28. The first kappa shape index (κ1) is 18.5. The Hall–Kier alpha value is -2.86. The molecular weight excluding hydrogens is 352 g/mol. The van der Waals surface area contributed by atoms with Gasteiger partial charge in [0.25, 0.3) is 0 Å². The summed E-state index contributed by atoms with van der Waals surface area (Å²) < 4.78 is 11.8. The topological polar surface area (TPSA) is 68.3 Å². The van der Waals surface area contributed by atoms with E-state index in [1.807, 2.05) is 30.3 Å². The number of aromatic nitrogens is 2. The third kappa shape index (κ3) is 4.02. The lowest BCUT2D eigenvalue weighted by Crippen LogP contribution is -2.34. The minimum absolute atomic E-state index is 0.121. The van der Waals surface area contributed by atoms with Crippen LogP contribution in [0.25, 0.3) is 10.9 Å². The lowest BCUT2D eigenvalue weighted by Gasteiger charge is -2.25. The molecule has 1 aliphatic heterocycles. The van der Waals surface area contributed by atoms with Crippen LogP contribution in [0.15, 0.2) is 48.8 Å². The van der Waals surface area contributed by atoms with E-state index in [4.69, 9.17) is 9.47 Å². The molecule has 2 aromatic carbocycles. The SMILES string of the molecule is COc1cc2ncnc(NC(C)c3ccccc3)c2cc1OC1CCNCC1. The maximum Gasteiger partial charge on any atom is 0.162 e. The van der Waals surface area contributed by atoms with Gasteiger partial charge in [0.15, 0.2) is 11.5 Å². The van der Waals surface area contributed by atoms with E-state index < -0.39 is 0 Å². The smallest absolute Gasteiger partial charge is 0.162 e. The summed E-state index contributed by atoms with van der Waals surface area (Å²) in [5.74, 6) is 2.23. The van der Waals surface area contributed by atoms with Gasteiger partial charge in [0, 0.05) is 17.5 Å². The highest BCUT2D eigenvalue weighted by molar-refractivity contribution is 5.91. The number of rotatable bonds is 6. The van der Waals surface area contributed by atoms with Crippen LogP contribution in [0.5, 0.6) is 11.5 Å². The monoisotopic (exact) mass is 378 g/mol. The summed E-state index contributed by atoms with van der Waals surface area (Å²) in [7, 11) is 1.66. The zero-order chi connectivity index (χ0) is 19.3. The van der Waals surface area contributed by atoms with Crippen molar-refractivity contribution < 1.29 is 9.47 Å². The van der Waals surface area contributed by atoms with E-state index in [0.717, 1.165) is 48.4 Å². The van der Waals surface area contributed by atoms with E-state index in [1.54, 1.807) is 13.4 Å². The van der Waals surface area contributed by atoms with Crippen LogP contribution in [-0.2, 0) is 0 Å². The van der Waals surface area contributed by atoms with Crippen molar-refractivity contribution in [2.45, 2.75) is 31.9 Å². The molecule has 1 atom stereocenters. The van der Waals surface area contributed by atoms with Gasteiger partial charge < -0.3 is 20.1 Å². The van der Waals surface area contributed by atoms with E-state index >= 15 is 0 Å². The van der Waals surface area contributed by atoms with Crippen molar-refractivity contribution in [2.75, 3.05) is 25.5 Å². The summed E-state index contributed by atoms with van der Waals surface area (Å²) in [5.41, 5.74) is 2.03. The molecule has 2 heterocycles. The highest BCUT2D eigenvalue weighted by Gasteiger charge is 2.19. The van der Waals surface area contributed by atoms with Crippen LogP contribution in [0.1, 0.15) is 31.4 Å². The van der Waals surface area contributed by atoms with Crippen LogP contribution in [-0.4, -0.2) is 36.3 Å². The summed E-state index contributed by atoms with van der Waals surface area (Å²) in [6, 6.07) is 14.4. The zero-order valence-corrected chi connectivity index (χ0v) is 16.3. The molecule has 0 bridgehead atoms. The van der Waals surface area contributed by atoms with Crippen molar-refractivity contribution in [2.24, 2.45) is 0 Å². The second-order valence-electron chi connectivity index (χ2n) is 7.09. The van der Waals surface area contributed by atoms with Gasteiger partial charge in [-0.05, 0) is 44.5 Å². The molecule has 0 radical (unpaired) electrons. The molecule has 2 N–H and O–H groups in total. The van der Waals surface area contributed by atoms with Gasteiger partial charge in [-0.3, -0.25) is 0 Å². The van der Waals surface area contributed by atoms with Gasteiger partial charge in [0.2, 0.25) is 0 Å². The molecular formula is C22H26N4O2. The predicted molar refractivity (Wildman–Crippen MR) is 111 cm³/mol. The summed E-state index contributed by atoms with van der Waals surface area (Å²) in [6.45, 7) is 4.08. The molecule has 3 aromatic rings. The molecule has 28 heavy (non-hydrogen) atoms. The molecule has 0 aliphatic carbocycles. The van der Waals surface area contributed by atoms with Crippen molar-refractivity contribution in [3.8, 4) is 11.5 Å². The molecule has 146 valence electrons. The molecule has 1 aromatic heterocycles. The van der Waals surface area contributed by atoms with Gasteiger partial charge >= 0.3 is 0 Å². The first-order chi connectivity index (χ1) is 13.7. The largest absolute Gasteiger partial charge is 0.493 e. The van der Waals surface area contributed by atoms with E-state index in [-0.39, 0.29) is 12.1 Å². The maximum absolute atomic E-state index is 6.28. The fraction of sp³-hybridized carbons (Fsp3) is 0.364. The lowest BCUT2D eigenvalue weighted by atomic mass is 10.1. The number of nitrogens with one attached hydrogen (secondary N) is 2. The standard InChI is InChI=1S/C22H26N4O2/c1-15(16-6-4-3-5-7-16)26-22-18-12-21(28-17-8-10-23-11-9-17)20(27-2)13-19(18)24-14-25-22/h3-7,12-15,17,23H,8-11H2,1-2H3,(H,24,25,26). The Balaban J connectivity index is 1.66. The van der Waals surface area contributed by atoms with Crippen molar-refractivity contribution in [3.63, 3.8) is 0 Å². The van der Waals surface area contributed by atoms with Gasteiger partial charge in [0.1, 0.15) is 18.2 Å². The van der Waals surface area contributed by atoms with Crippen LogP contribution >= 0.6 is 0 Å². The molecule has 1 aliphatic rings. The van der Waals surface area contributed by atoms with Crippen molar-refractivity contribution >= 4 is 16.7 Å². The molecule has 0 spiro atoms. The number of anilines is 1. The fourth-order valence-corrected chi connectivity index (χ4v) is 3.55. The summed E-state index contributed by atoms with van der Waals surface area (Å²) in [5, 5.41) is 7.80. The number of benzene rings is 2. The van der Waals surface area contributed by atoms with E-state index in [1.165, 1.54) is 5.56 Å². The minimum Gasteiger partial charge on any atom is -0.493 e. The predicted octanol–water partition coefficient (Wildman–Crippen LogP) is 3.94. The Morgan fingerprint density at radius 2 is 1.86 bits per heavy atom. The van der Waals surface area contributed by atoms with Crippen molar-refractivity contribution in [3.05, 3.63) is 54.4 Å². The second kappa shape index (κ2) is 8.44. The number of fused-ring (bicyclic) bond motifs is 1. The quantitative estimate of drug-likeness (QED) is 0.677. The molecule has 6 heteroatoms. The Morgan fingerprint density at radius 1 is 1.07 bits per heavy atom. The normalized spacial score (nSPS) is 15.9. The second-order valence-corrected chi connectivity index (χ2v) is 7.09. The molecule has 0 amide bonds. The Kier molecular flexibility index (Phi) is 5.58. The van der Waals surface area contributed by atoms with Crippen LogP contribution in [0, 0.1) is 0 Å². The average Bonchev–Trinajstić information content (AvgIpc) is 2.75. The minimum atomic E-state index is 0.121. The van der Waals surface area contributed by atoms with Crippen molar-refractivity contribution in [1.82, 2.24) is 15.3 Å². The van der Waals surface area contributed by atoms with Crippen LogP contribution in [0.4, 0.5) is 5.82 Å². The molecule has 1 unspecified atom stereocenters. The van der Waals surface area contributed by atoms with Crippen LogP contribution in [0.3, 0.4) is 0 Å². The van der Waals surface area contributed by atoms with Gasteiger partial charge in [-0.15, -0.1) is 0 Å². The number of hydrogen-bond donors (Lipinski definition) is 2. The Labute approximate surface area is 165 Å². The summed E-state index contributed by atoms with van der Waals surface area (Å²) in [4.78, 5) is 8.91. The average molecular weight is 378 g/mol. The number of hydrogen-bond acceptors (Lipinski definition) is 6. The van der Waals surface area contributed by atoms with Crippen LogP contribution < -0.4 is 20.1 Å². The summed E-state index contributed by atoms with van der Waals surface area (Å²) >= 11 is 0. The Morgan fingerprint density at radius 3 is 2.61 bits per heavy atom. The third-order valence-electron chi connectivity index (χ3n) is 5.15. The summed E-state index contributed by atoms with van der Waals surface area (Å²) in [6.07, 6.45) is 3.75. The van der Waals surface area contributed by atoms with E-state index in [9.17, 15) is 0 Å². The molecule has 0 saturated carbocycles. The first-order valence-corrected chi connectivity index (χ1v) is 9.76. The number of nitrogens with zero attached hydrogens (tertiary/aromatic N) is 2. The van der Waals surface area contributed by atoms with Gasteiger partial charge in [-0.25, -0.2) is 9.97 Å². The Bertz CT molecular complexity index is 926. The van der Waals surface area contributed by atoms with E-state index in [0.29, 0.717) is 5.75 Å². The lowest BCUT2D eigenvalue weighted by molar-refractivity contribution is 0.157. The highest BCUT2D eigenvalue weighted by Crippen LogP contribution is 2.36. The molecule has 1 saturated heterocycles. The number of methoxy groups -OCH3 is 1. The van der Waals surface area contributed by atoms with Crippen LogP contribution in [0.2, 0.25) is 0 Å². The number of piperidine rings is 1. The van der Waals surface area contributed by atoms with Gasteiger partial charge in [0.05, 0.1) is 12.6 Å². The fourth-order valence-electron chi connectivity index (χ4n) is 3.55. The number of ether oxygens (including phenoxy) is 2. The van der Waals surface area contributed by atoms with E-state index in [2.05, 4.69) is 39.7 Å². The first-order valence-electron chi connectivity index (χ1n) is 9.76. The zero-order valence-electron chi connectivity index (χ0n) is 16.3. The third-order valence-corrected chi connectivity index (χ3v) is 5.15.